The molecule has 0 fully saturated rings. The minimum Gasteiger partial charge on any atom is -0.497 e. The van der Waals surface area contributed by atoms with Gasteiger partial charge in [0.15, 0.2) is 6.61 Å². The van der Waals surface area contributed by atoms with Gasteiger partial charge in [0.25, 0.3) is 5.91 Å². The second kappa shape index (κ2) is 10.4. The summed E-state index contributed by atoms with van der Waals surface area (Å²) in [6, 6.07) is 6.29. The van der Waals surface area contributed by atoms with Crippen molar-refractivity contribution in [2.45, 2.75) is 45.7 Å². The Morgan fingerprint density at radius 1 is 1.19 bits per heavy atom. The van der Waals surface area contributed by atoms with Gasteiger partial charge in [0.1, 0.15) is 11.8 Å². The van der Waals surface area contributed by atoms with Crippen LogP contribution in [0.4, 0.5) is 0 Å². The summed E-state index contributed by atoms with van der Waals surface area (Å²) in [4.78, 5) is 35.6. The van der Waals surface area contributed by atoms with Crippen molar-refractivity contribution in [3.63, 3.8) is 0 Å². The van der Waals surface area contributed by atoms with E-state index in [0.29, 0.717) is 0 Å². The van der Waals surface area contributed by atoms with E-state index in [9.17, 15) is 14.4 Å². The van der Waals surface area contributed by atoms with E-state index in [4.69, 9.17) is 9.47 Å². The second-order valence-corrected chi connectivity index (χ2v) is 6.73. The van der Waals surface area contributed by atoms with E-state index in [1.165, 1.54) is 13.0 Å². The number of carbonyl (C=O) groups excluding carboxylic acids is 3. The fraction of sp³-hybridized carbons (Fsp3) is 0.450. The average molecular weight is 376 g/mol. The zero-order valence-corrected chi connectivity index (χ0v) is 16.5. The highest BCUT2D eigenvalue weighted by Crippen LogP contribution is 2.12. The third-order valence-electron chi connectivity index (χ3n) is 3.96. The van der Waals surface area contributed by atoms with E-state index < -0.39 is 17.9 Å². The Morgan fingerprint density at radius 3 is 2.37 bits per heavy atom. The van der Waals surface area contributed by atoms with E-state index in [2.05, 4.69) is 10.6 Å². The molecule has 0 radical (unpaired) electrons. The van der Waals surface area contributed by atoms with Gasteiger partial charge in [-0.1, -0.05) is 19.1 Å². The summed E-state index contributed by atoms with van der Waals surface area (Å²) < 4.78 is 10.0. The molecular formula is C20H28N2O5. The van der Waals surface area contributed by atoms with Crippen molar-refractivity contribution in [1.82, 2.24) is 10.6 Å². The molecule has 0 aliphatic heterocycles. The minimum atomic E-state index is -0.870. The molecule has 0 saturated carbocycles. The quantitative estimate of drug-likeness (QED) is 0.508. The van der Waals surface area contributed by atoms with Crippen molar-refractivity contribution in [1.29, 1.82) is 0 Å². The first-order valence-corrected chi connectivity index (χ1v) is 8.77. The Hall–Kier alpha value is -2.83. The van der Waals surface area contributed by atoms with Crippen molar-refractivity contribution in [3.05, 3.63) is 35.9 Å². The largest absolute Gasteiger partial charge is 0.497 e. The summed E-state index contributed by atoms with van der Waals surface area (Å²) in [5, 5.41) is 5.26. The Morgan fingerprint density at radius 2 is 1.81 bits per heavy atom. The van der Waals surface area contributed by atoms with Crippen LogP contribution >= 0.6 is 0 Å². The number of methoxy groups -OCH3 is 1. The number of ether oxygens (including phenoxy) is 2. The van der Waals surface area contributed by atoms with E-state index in [0.717, 1.165) is 17.7 Å². The van der Waals surface area contributed by atoms with E-state index >= 15 is 0 Å². The molecule has 148 valence electrons. The number of hydrogen-bond acceptors (Lipinski definition) is 5. The first-order chi connectivity index (χ1) is 12.7. The molecule has 2 amide bonds. The lowest BCUT2D eigenvalue weighted by Crippen LogP contribution is -2.46. The SMILES string of the molecule is CCC(C)(C)NC(=O)COC(=O)[C@H](C)NC(=O)C=Cc1ccc(OC)cc1. The summed E-state index contributed by atoms with van der Waals surface area (Å²) in [5.41, 5.74) is 0.451. The highest BCUT2D eigenvalue weighted by Gasteiger charge is 2.21. The second-order valence-electron chi connectivity index (χ2n) is 6.73. The third-order valence-corrected chi connectivity index (χ3v) is 3.96. The fourth-order valence-corrected chi connectivity index (χ4v) is 1.97. The van der Waals surface area contributed by atoms with Crippen LogP contribution in [0.3, 0.4) is 0 Å². The summed E-state index contributed by atoms with van der Waals surface area (Å²) in [7, 11) is 1.58. The lowest BCUT2D eigenvalue weighted by atomic mass is 10.0. The zero-order chi connectivity index (χ0) is 20.4. The van der Waals surface area contributed by atoms with Gasteiger partial charge in [-0.2, -0.15) is 0 Å². The van der Waals surface area contributed by atoms with E-state index in [1.807, 2.05) is 20.8 Å². The van der Waals surface area contributed by atoms with Crippen molar-refractivity contribution in [3.8, 4) is 5.75 Å². The topological polar surface area (TPSA) is 93.7 Å². The first kappa shape index (κ1) is 22.2. The standard InChI is InChI=1S/C20H28N2O5/c1-6-20(3,4)22-18(24)13-27-19(25)14(2)21-17(23)12-9-15-7-10-16(26-5)11-8-15/h7-12,14H,6,13H2,1-5H3,(H,21,23)(H,22,24)/t14-/m0/s1. The molecule has 0 saturated heterocycles. The van der Waals surface area contributed by atoms with Crippen molar-refractivity contribution < 1.29 is 23.9 Å². The van der Waals surface area contributed by atoms with Crippen LogP contribution in [0, 0.1) is 0 Å². The van der Waals surface area contributed by atoms with Crippen LogP contribution in [0.15, 0.2) is 30.3 Å². The van der Waals surface area contributed by atoms with Crippen LogP contribution in [-0.4, -0.2) is 43.1 Å². The van der Waals surface area contributed by atoms with Gasteiger partial charge in [0.05, 0.1) is 7.11 Å². The van der Waals surface area contributed by atoms with Crippen LogP contribution in [0.5, 0.6) is 5.75 Å². The maximum atomic E-state index is 11.9. The number of rotatable bonds is 9. The molecule has 7 nitrogen and oxygen atoms in total. The molecule has 0 aromatic heterocycles. The summed E-state index contributed by atoms with van der Waals surface area (Å²) in [6.07, 6.45) is 3.69. The van der Waals surface area contributed by atoms with Crippen LogP contribution < -0.4 is 15.4 Å². The molecule has 0 heterocycles. The van der Waals surface area contributed by atoms with Crippen LogP contribution in [-0.2, 0) is 19.1 Å². The average Bonchev–Trinajstić information content (AvgIpc) is 2.64. The number of carbonyl (C=O) groups is 3. The number of nitrogens with one attached hydrogen (secondary N) is 2. The number of amides is 2. The van der Waals surface area contributed by atoms with Gasteiger partial charge in [0, 0.05) is 11.6 Å². The molecule has 0 aliphatic rings. The van der Waals surface area contributed by atoms with Crippen molar-refractivity contribution in [2.75, 3.05) is 13.7 Å². The molecule has 1 aromatic carbocycles. The monoisotopic (exact) mass is 376 g/mol. The molecule has 1 atom stereocenters. The van der Waals surface area contributed by atoms with Crippen molar-refractivity contribution >= 4 is 23.9 Å². The van der Waals surface area contributed by atoms with Gasteiger partial charge in [-0.15, -0.1) is 0 Å². The summed E-state index contributed by atoms with van der Waals surface area (Å²) in [6.45, 7) is 6.82. The predicted octanol–water partition coefficient (Wildman–Crippen LogP) is 2.06. The molecule has 0 aliphatic carbocycles. The normalized spacial score (nSPS) is 12.3. The molecular weight excluding hydrogens is 348 g/mol. The Kier molecular flexibility index (Phi) is 8.51. The fourth-order valence-electron chi connectivity index (χ4n) is 1.97. The van der Waals surface area contributed by atoms with Gasteiger partial charge in [-0.3, -0.25) is 9.59 Å². The highest BCUT2D eigenvalue weighted by molar-refractivity contribution is 5.94. The molecule has 0 spiro atoms. The maximum Gasteiger partial charge on any atom is 0.328 e. The number of benzene rings is 1. The highest BCUT2D eigenvalue weighted by atomic mass is 16.5. The smallest absolute Gasteiger partial charge is 0.328 e. The molecule has 2 N–H and O–H groups in total. The molecule has 27 heavy (non-hydrogen) atoms. The minimum absolute atomic E-state index is 0.366. The summed E-state index contributed by atoms with van der Waals surface area (Å²) >= 11 is 0. The lowest BCUT2D eigenvalue weighted by Gasteiger charge is -2.24. The molecule has 0 bridgehead atoms. The first-order valence-electron chi connectivity index (χ1n) is 8.77. The van der Waals surface area contributed by atoms with Gasteiger partial charge < -0.3 is 20.1 Å². The molecule has 0 unspecified atom stereocenters. The van der Waals surface area contributed by atoms with Gasteiger partial charge in [-0.25, -0.2) is 4.79 Å². The maximum absolute atomic E-state index is 11.9. The number of esters is 1. The van der Waals surface area contributed by atoms with Crippen LogP contribution in [0.25, 0.3) is 6.08 Å². The predicted molar refractivity (Wildman–Crippen MR) is 103 cm³/mol. The van der Waals surface area contributed by atoms with Gasteiger partial charge in [-0.05, 0) is 51.0 Å². The Balaban J connectivity index is 2.43. The van der Waals surface area contributed by atoms with Crippen LogP contribution in [0.2, 0.25) is 0 Å². The Bertz CT molecular complexity index is 680. The summed E-state index contributed by atoms with van der Waals surface area (Å²) in [5.74, 6) is -0.773. The zero-order valence-electron chi connectivity index (χ0n) is 16.5. The van der Waals surface area contributed by atoms with E-state index in [1.54, 1.807) is 37.5 Å². The number of hydrogen-bond donors (Lipinski definition) is 2. The lowest BCUT2D eigenvalue weighted by molar-refractivity contribution is -0.151. The molecule has 1 rings (SSSR count). The third kappa shape index (κ3) is 8.40. The van der Waals surface area contributed by atoms with Gasteiger partial charge >= 0.3 is 5.97 Å². The Labute approximate surface area is 160 Å². The van der Waals surface area contributed by atoms with Crippen molar-refractivity contribution in [2.24, 2.45) is 0 Å². The molecule has 1 aromatic rings. The molecule has 7 heteroatoms. The van der Waals surface area contributed by atoms with E-state index in [-0.39, 0.29) is 18.1 Å². The van der Waals surface area contributed by atoms with Crippen LogP contribution in [0.1, 0.15) is 39.7 Å². The van der Waals surface area contributed by atoms with Gasteiger partial charge in [0.2, 0.25) is 5.91 Å².